The lowest BCUT2D eigenvalue weighted by Crippen LogP contribution is -2.24. The number of rotatable bonds is 3. The van der Waals surface area contributed by atoms with E-state index in [1.807, 2.05) is 24.3 Å². The van der Waals surface area contributed by atoms with Gasteiger partial charge in [-0.1, -0.05) is 39.0 Å². The quantitative estimate of drug-likeness (QED) is 0.723. The topological polar surface area (TPSA) is 26.3 Å². The molecule has 0 fully saturated rings. The molecule has 0 radical (unpaired) electrons. The Bertz CT molecular complexity index is 405. The lowest BCUT2D eigenvalue weighted by Gasteiger charge is -2.32. The standard InChI is InChI=1S/C14H18O2/c1-4-14(3,5-2)12-10-8-6-7-9-11(10)13(15)16-12/h6-9,12H,4-5H2,1-3H3. The maximum atomic E-state index is 11.7. The summed E-state index contributed by atoms with van der Waals surface area (Å²) in [7, 11) is 0. The SMILES string of the molecule is CCC(C)(CC)C1OC(=O)c2ccccc21. The third-order valence-electron chi connectivity index (χ3n) is 3.94. The normalized spacial score (nSPS) is 19.4. The Balaban J connectivity index is 2.44. The minimum absolute atomic E-state index is 0.0439. The number of fused-ring (bicyclic) bond motifs is 1. The first kappa shape index (κ1) is 11.2. The van der Waals surface area contributed by atoms with Crippen LogP contribution >= 0.6 is 0 Å². The largest absolute Gasteiger partial charge is 0.453 e. The van der Waals surface area contributed by atoms with Crippen molar-refractivity contribution in [1.29, 1.82) is 0 Å². The molecule has 0 saturated carbocycles. The molecule has 1 aromatic rings. The number of benzene rings is 1. The van der Waals surface area contributed by atoms with Crippen LogP contribution in [0.4, 0.5) is 0 Å². The molecule has 2 nitrogen and oxygen atoms in total. The Labute approximate surface area is 96.6 Å². The zero-order chi connectivity index (χ0) is 11.8. The highest BCUT2D eigenvalue weighted by Crippen LogP contribution is 2.46. The summed E-state index contributed by atoms with van der Waals surface area (Å²) < 4.78 is 5.54. The number of carbonyl (C=O) groups is 1. The second-order valence-corrected chi connectivity index (χ2v) is 4.73. The fourth-order valence-electron chi connectivity index (χ4n) is 2.28. The number of hydrogen-bond acceptors (Lipinski definition) is 2. The number of ether oxygens (including phenoxy) is 1. The average molecular weight is 218 g/mol. The van der Waals surface area contributed by atoms with Crippen molar-refractivity contribution in [2.45, 2.75) is 39.7 Å². The first-order chi connectivity index (χ1) is 7.62. The highest BCUT2D eigenvalue weighted by Gasteiger charge is 2.41. The van der Waals surface area contributed by atoms with Crippen molar-refractivity contribution in [2.75, 3.05) is 0 Å². The van der Waals surface area contributed by atoms with Crippen LogP contribution in [0.2, 0.25) is 0 Å². The lowest BCUT2D eigenvalue weighted by molar-refractivity contribution is -0.00645. The Morgan fingerprint density at radius 1 is 1.25 bits per heavy atom. The molecule has 1 aliphatic rings. The van der Waals surface area contributed by atoms with Crippen molar-refractivity contribution >= 4 is 5.97 Å². The molecule has 2 rings (SSSR count). The van der Waals surface area contributed by atoms with E-state index in [0.717, 1.165) is 24.0 Å². The molecule has 1 aliphatic heterocycles. The number of carbonyl (C=O) groups excluding carboxylic acids is 1. The summed E-state index contributed by atoms with van der Waals surface area (Å²) in [5.74, 6) is -0.172. The van der Waals surface area contributed by atoms with E-state index in [4.69, 9.17) is 4.74 Å². The first-order valence-electron chi connectivity index (χ1n) is 5.92. The van der Waals surface area contributed by atoms with E-state index in [-0.39, 0.29) is 17.5 Å². The van der Waals surface area contributed by atoms with E-state index >= 15 is 0 Å². The minimum atomic E-state index is -0.172. The van der Waals surface area contributed by atoms with Crippen LogP contribution in [0.3, 0.4) is 0 Å². The van der Waals surface area contributed by atoms with Gasteiger partial charge in [0, 0.05) is 11.0 Å². The molecule has 2 heteroatoms. The van der Waals surface area contributed by atoms with Crippen molar-refractivity contribution < 1.29 is 9.53 Å². The highest BCUT2D eigenvalue weighted by atomic mass is 16.5. The van der Waals surface area contributed by atoms with E-state index in [9.17, 15) is 4.79 Å². The van der Waals surface area contributed by atoms with E-state index in [1.165, 1.54) is 0 Å². The maximum absolute atomic E-state index is 11.7. The predicted octanol–water partition coefficient (Wildman–Crippen LogP) is 3.72. The zero-order valence-corrected chi connectivity index (χ0v) is 10.1. The molecule has 0 aromatic heterocycles. The van der Waals surface area contributed by atoms with E-state index in [1.54, 1.807) is 0 Å². The van der Waals surface area contributed by atoms with Crippen molar-refractivity contribution in [3.63, 3.8) is 0 Å². The third-order valence-corrected chi connectivity index (χ3v) is 3.94. The average Bonchev–Trinajstić information content (AvgIpc) is 2.67. The minimum Gasteiger partial charge on any atom is -0.453 e. The Kier molecular flexibility index (Phi) is 2.75. The lowest BCUT2D eigenvalue weighted by atomic mass is 9.76. The number of esters is 1. The fourth-order valence-corrected chi connectivity index (χ4v) is 2.28. The summed E-state index contributed by atoms with van der Waals surface area (Å²) in [6, 6.07) is 7.72. The van der Waals surface area contributed by atoms with Gasteiger partial charge in [-0.15, -0.1) is 0 Å². The summed E-state index contributed by atoms with van der Waals surface area (Å²) in [6.45, 7) is 6.49. The number of cyclic esters (lactones) is 1. The molecular formula is C14H18O2. The van der Waals surface area contributed by atoms with Crippen molar-refractivity contribution in [3.05, 3.63) is 35.4 Å². The van der Waals surface area contributed by atoms with Crippen LogP contribution in [0.25, 0.3) is 0 Å². The van der Waals surface area contributed by atoms with Gasteiger partial charge in [-0.3, -0.25) is 0 Å². The van der Waals surface area contributed by atoms with Gasteiger partial charge in [0.2, 0.25) is 0 Å². The van der Waals surface area contributed by atoms with E-state index < -0.39 is 0 Å². The fraction of sp³-hybridized carbons (Fsp3) is 0.500. The molecule has 1 unspecified atom stereocenters. The van der Waals surface area contributed by atoms with Crippen LogP contribution in [-0.2, 0) is 4.74 Å². The molecule has 1 atom stereocenters. The second-order valence-electron chi connectivity index (χ2n) is 4.73. The monoisotopic (exact) mass is 218 g/mol. The van der Waals surface area contributed by atoms with Gasteiger partial charge in [0.15, 0.2) is 0 Å². The van der Waals surface area contributed by atoms with Crippen LogP contribution in [0.5, 0.6) is 0 Å². The third kappa shape index (κ3) is 1.53. The molecular weight excluding hydrogens is 200 g/mol. The van der Waals surface area contributed by atoms with Gasteiger partial charge in [-0.05, 0) is 18.9 Å². The molecule has 0 bridgehead atoms. The molecule has 86 valence electrons. The second kappa shape index (κ2) is 3.93. The van der Waals surface area contributed by atoms with E-state index in [2.05, 4.69) is 20.8 Å². The summed E-state index contributed by atoms with van der Waals surface area (Å²) >= 11 is 0. The van der Waals surface area contributed by atoms with Gasteiger partial charge in [-0.25, -0.2) is 4.79 Å². The molecule has 0 amide bonds. The number of hydrogen-bond donors (Lipinski definition) is 0. The van der Waals surface area contributed by atoms with Gasteiger partial charge < -0.3 is 4.74 Å². The highest BCUT2D eigenvalue weighted by molar-refractivity contribution is 5.94. The summed E-state index contributed by atoms with van der Waals surface area (Å²) in [4.78, 5) is 11.7. The Morgan fingerprint density at radius 2 is 1.88 bits per heavy atom. The molecule has 0 aliphatic carbocycles. The zero-order valence-electron chi connectivity index (χ0n) is 10.1. The van der Waals surface area contributed by atoms with Crippen LogP contribution in [-0.4, -0.2) is 5.97 Å². The maximum Gasteiger partial charge on any atom is 0.339 e. The van der Waals surface area contributed by atoms with Crippen molar-refractivity contribution in [2.24, 2.45) is 5.41 Å². The molecule has 1 heterocycles. The van der Waals surface area contributed by atoms with Crippen LogP contribution in [0.1, 0.15) is 55.6 Å². The molecule has 1 aromatic carbocycles. The Morgan fingerprint density at radius 3 is 2.50 bits per heavy atom. The molecule has 0 saturated heterocycles. The summed E-state index contributed by atoms with van der Waals surface area (Å²) in [5.41, 5.74) is 1.83. The van der Waals surface area contributed by atoms with Gasteiger partial charge >= 0.3 is 5.97 Å². The van der Waals surface area contributed by atoms with Gasteiger partial charge in [0.05, 0.1) is 5.56 Å². The first-order valence-corrected chi connectivity index (χ1v) is 5.92. The van der Waals surface area contributed by atoms with Gasteiger partial charge in [0.25, 0.3) is 0 Å². The summed E-state index contributed by atoms with van der Waals surface area (Å²) in [5, 5.41) is 0. The van der Waals surface area contributed by atoms with Gasteiger partial charge in [-0.2, -0.15) is 0 Å². The van der Waals surface area contributed by atoms with Crippen molar-refractivity contribution in [1.82, 2.24) is 0 Å². The Hall–Kier alpha value is -1.31. The van der Waals surface area contributed by atoms with Crippen LogP contribution < -0.4 is 0 Å². The smallest absolute Gasteiger partial charge is 0.339 e. The van der Waals surface area contributed by atoms with E-state index in [0.29, 0.717) is 0 Å². The van der Waals surface area contributed by atoms with Crippen molar-refractivity contribution in [3.8, 4) is 0 Å². The van der Waals surface area contributed by atoms with Crippen LogP contribution in [0, 0.1) is 5.41 Å². The molecule has 0 spiro atoms. The molecule has 0 N–H and O–H groups in total. The molecule has 16 heavy (non-hydrogen) atoms. The van der Waals surface area contributed by atoms with Crippen LogP contribution in [0.15, 0.2) is 24.3 Å². The predicted molar refractivity (Wildman–Crippen MR) is 63.3 cm³/mol. The summed E-state index contributed by atoms with van der Waals surface area (Å²) in [6.07, 6.45) is 1.94. The van der Waals surface area contributed by atoms with Gasteiger partial charge in [0.1, 0.15) is 6.10 Å².